The van der Waals surface area contributed by atoms with Gasteiger partial charge in [-0.25, -0.2) is 0 Å². The van der Waals surface area contributed by atoms with Crippen LogP contribution in [0.4, 0.5) is 0 Å². The number of carbonyl (C=O) groups is 1. The monoisotopic (exact) mass is 340 g/mol. The van der Waals surface area contributed by atoms with E-state index in [0.717, 1.165) is 31.1 Å². The molecule has 2 aliphatic rings. The van der Waals surface area contributed by atoms with Crippen LogP contribution in [0.5, 0.6) is 17.2 Å². The summed E-state index contributed by atoms with van der Waals surface area (Å²) < 4.78 is 10.8. The molecular weight excluding hydrogens is 320 g/mol. The van der Waals surface area contributed by atoms with E-state index in [-0.39, 0.29) is 18.4 Å². The molecule has 0 radical (unpaired) electrons. The lowest BCUT2D eigenvalue weighted by molar-refractivity contribution is 0.0625. The van der Waals surface area contributed by atoms with Gasteiger partial charge in [0.2, 0.25) is 6.79 Å². The number of ether oxygens (including phenoxy) is 2. The molecule has 0 bridgehead atoms. The number of hydrogen-bond donors (Lipinski definition) is 1. The number of nitrogens with zero attached hydrogens (tertiary/aromatic N) is 2. The van der Waals surface area contributed by atoms with E-state index in [2.05, 4.69) is 4.90 Å². The normalized spacial score (nSPS) is 16.9. The molecule has 0 aromatic heterocycles. The molecule has 6 nitrogen and oxygen atoms in total. The molecule has 25 heavy (non-hydrogen) atoms. The highest BCUT2D eigenvalue weighted by Crippen LogP contribution is 2.32. The van der Waals surface area contributed by atoms with Crippen LogP contribution in [0, 0.1) is 0 Å². The maximum Gasteiger partial charge on any atom is 0.257 e. The third-order valence-electron chi connectivity index (χ3n) is 4.64. The minimum atomic E-state index is -0.110. The predicted molar refractivity (Wildman–Crippen MR) is 91.9 cm³/mol. The van der Waals surface area contributed by atoms with Crippen molar-refractivity contribution in [1.82, 2.24) is 9.80 Å². The summed E-state index contributed by atoms with van der Waals surface area (Å²) in [7, 11) is 0. The van der Waals surface area contributed by atoms with E-state index in [4.69, 9.17) is 9.47 Å². The van der Waals surface area contributed by atoms with Gasteiger partial charge in [-0.15, -0.1) is 0 Å². The first-order valence-corrected chi connectivity index (χ1v) is 8.39. The molecule has 1 saturated heterocycles. The quantitative estimate of drug-likeness (QED) is 0.927. The van der Waals surface area contributed by atoms with Crippen LogP contribution >= 0.6 is 0 Å². The fourth-order valence-electron chi connectivity index (χ4n) is 3.23. The fourth-order valence-corrected chi connectivity index (χ4v) is 3.23. The molecule has 0 unspecified atom stereocenters. The Morgan fingerprint density at radius 3 is 2.56 bits per heavy atom. The Labute approximate surface area is 146 Å². The molecule has 2 aromatic rings. The van der Waals surface area contributed by atoms with Crippen molar-refractivity contribution in [2.45, 2.75) is 6.54 Å². The summed E-state index contributed by atoms with van der Waals surface area (Å²) in [5.41, 5.74) is 1.54. The SMILES string of the molecule is O=C(c1ccccc1O)N1CCN(Cc2ccc3c(c2)OCO3)CC1. The van der Waals surface area contributed by atoms with Crippen LogP contribution in [0.15, 0.2) is 42.5 Å². The van der Waals surface area contributed by atoms with E-state index in [1.807, 2.05) is 18.2 Å². The summed E-state index contributed by atoms with van der Waals surface area (Å²) in [4.78, 5) is 16.6. The zero-order valence-corrected chi connectivity index (χ0v) is 13.9. The molecule has 2 aliphatic heterocycles. The third kappa shape index (κ3) is 3.25. The van der Waals surface area contributed by atoms with E-state index in [9.17, 15) is 9.90 Å². The van der Waals surface area contributed by atoms with Gasteiger partial charge in [0.25, 0.3) is 5.91 Å². The Hall–Kier alpha value is -2.73. The van der Waals surface area contributed by atoms with Crippen molar-refractivity contribution in [2.24, 2.45) is 0 Å². The molecule has 130 valence electrons. The summed E-state index contributed by atoms with van der Waals surface area (Å²) in [5, 5.41) is 9.86. The second-order valence-corrected chi connectivity index (χ2v) is 6.27. The van der Waals surface area contributed by atoms with Gasteiger partial charge >= 0.3 is 0 Å². The van der Waals surface area contributed by atoms with E-state index >= 15 is 0 Å². The second-order valence-electron chi connectivity index (χ2n) is 6.27. The average Bonchev–Trinajstić information content (AvgIpc) is 3.10. The number of para-hydroxylation sites is 1. The van der Waals surface area contributed by atoms with E-state index in [0.29, 0.717) is 18.7 Å². The first kappa shape index (κ1) is 15.8. The number of hydrogen-bond acceptors (Lipinski definition) is 5. The first-order chi connectivity index (χ1) is 12.2. The minimum absolute atomic E-state index is 0.0373. The molecule has 1 N–H and O–H groups in total. The van der Waals surface area contributed by atoms with Crippen molar-refractivity contribution in [3.63, 3.8) is 0 Å². The highest BCUT2D eigenvalue weighted by Gasteiger charge is 2.24. The lowest BCUT2D eigenvalue weighted by Crippen LogP contribution is -2.48. The van der Waals surface area contributed by atoms with Crippen molar-refractivity contribution in [3.8, 4) is 17.2 Å². The van der Waals surface area contributed by atoms with Gasteiger partial charge in [0, 0.05) is 32.7 Å². The van der Waals surface area contributed by atoms with Gasteiger partial charge in [0.15, 0.2) is 11.5 Å². The number of carbonyl (C=O) groups excluding carboxylic acids is 1. The largest absolute Gasteiger partial charge is 0.507 e. The van der Waals surface area contributed by atoms with Gasteiger partial charge in [-0.3, -0.25) is 9.69 Å². The molecule has 4 rings (SSSR count). The summed E-state index contributed by atoms with van der Waals surface area (Å²) in [6, 6.07) is 12.7. The Bertz CT molecular complexity index is 785. The Kier molecular flexibility index (Phi) is 4.19. The summed E-state index contributed by atoms with van der Waals surface area (Å²) in [6.07, 6.45) is 0. The zero-order chi connectivity index (χ0) is 17.2. The number of amides is 1. The molecule has 1 fully saturated rings. The molecule has 1 amide bonds. The van der Waals surface area contributed by atoms with Crippen LogP contribution in [0.3, 0.4) is 0 Å². The lowest BCUT2D eigenvalue weighted by Gasteiger charge is -2.34. The van der Waals surface area contributed by atoms with Crippen LogP contribution in [0.1, 0.15) is 15.9 Å². The van der Waals surface area contributed by atoms with Gasteiger partial charge in [-0.2, -0.15) is 0 Å². The van der Waals surface area contributed by atoms with Gasteiger partial charge in [-0.05, 0) is 29.8 Å². The van der Waals surface area contributed by atoms with Gasteiger partial charge < -0.3 is 19.5 Å². The topological polar surface area (TPSA) is 62.2 Å². The van der Waals surface area contributed by atoms with Crippen LogP contribution in [0.25, 0.3) is 0 Å². The Balaban J connectivity index is 1.35. The third-order valence-corrected chi connectivity index (χ3v) is 4.64. The van der Waals surface area contributed by atoms with Gasteiger partial charge in [-0.1, -0.05) is 18.2 Å². The van der Waals surface area contributed by atoms with E-state index in [1.54, 1.807) is 29.2 Å². The number of fused-ring (bicyclic) bond motifs is 1. The lowest BCUT2D eigenvalue weighted by atomic mass is 10.1. The molecule has 6 heteroatoms. The fraction of sp³-hybridized carbons (Fsp3) is 0.316. The van der Waals surface area contributed by atoms with Crippen LogP contribution in [0.2, 0.25) is 0 Å². The number of rotatable bonds is 3. The van der Waals surface area contributed by atoms with Crippen LogP contribution in [-0.4, -0.2) is 53.8 Å². The van der Waals surface area contributed by atoms with Gasteiger partial charge in [0.1, 0.15) is 5.75 Å². The maximum absolute atomic E-state index is 12.5. The second kappa shape index (κ2) is 6.64. The number of aromatic hydroxyl groups is 1. The highest BCUT2D eigenvalue weighted by molar-refractivity contribution is 5.96. The summed E-state index contributed by atoms with van der Waals surface area (Å²) in [6.45, 7) is 4.00. The number of piperazine rings is 1. The molecule has 2 aromatic carbocycles. The minimum Gasteiger partial charge on any atom is -0.507 e. The predicted octanol–water partition coefficient (Wildman–Crippen LogP) is 2.08. The summed E-state index contributed by atoms with van der Waals surface area (Å²) in [5.74, 6) is 1.52. The summed E-state index contributed by atoms with van der Waals surface area (Å²) >= 11 is 0. The molecular formula is C19H20N2O4. The number of phenolic OH excluding ortho intramolecular Hbond substituents is 1. The van der Waals surface area contributed by atoms with Crippen molar-refractivity contribution in [3.05, 3.63) is 53.6 Å². The smallest absolute Gasteiger partial charge is 0.257 e. The number of benzene rings is 2. The first-order valence-electron chi connectivity index (χ1n) is 8.39. The Morgan fingerprint density at radius 2 is 1.76 bits per heavy atom. The maximum atomic E-state index is 12.5. The van der Waals surface area contributed by atoms with Crippen LogP contribution < -0.4 is 9.47 Å². The standard InChI is InChI=1S/C19H20N2O4/c22-16-4-2-1-3-15(16)19(23)21-9-7-20(8-10-21)12-14-5-6-17-18(11-14)25-13-24-17/h1-6,11,22H,7-10,12-13H2. The van der Waals surface area contributed by atoms with Crippen molar-refractivity contribution in [2.75, 3.05) is 33.0 Å². The van der Waals surface area contributed by atoms with Crippen LogP contribution in [-0.2, 0) is 6.54 Å². The molecule has 0 aliphatic carbocycles. The Morgan fingerprint density at radius 1 is 1.00 bits per heavy atom. The van der Waals surface area contributed by atoms with E-state index < -0.39 is 0 Å². The number of phenols is 1. The zero-order valence-electron chi connectivity index (χ0n) is 13.9. The molecule has 2 heterocycles. The molecule has 0 atom stereocenters. The highest BCUT2D eigenvalue weighted by atomic mass is 16.7. The van der Waals surface area contributed by atoms with Crippen molar-refractivity contribution in [1.29, 1.82) is 0 Å². The molecule has 0 saturated carbocycles. The van der Waals surface area contributed by atoms with Crippen molar-refractivity contribution < 1.29 is 19.4 Å². The van der Waals surface area contributed by atoms with Crippen molar-refractivity contribution >= 4 is 5.91 Å². The van der Waals surface area contributed by atoms with Gasteiger partial charge in [0.05, 0.1) is 5.56 Å². The van der Waals surface area contributed by atoms with E-state index in [1.165, 1.54) is 5.56 Å². The average molecular weight is 340 g/mol. The molecule has 0 spiro atoms.